The number of carboxylic acids is 1. The summed E-state index contributed by atoms with van der Waals surface area (Å²) in [5.41, 5.74) is 0. The zero-order chi connectivity index (χ0) is 10.8. The lowest BCUT2D eigenvalue weighted by molar-refractivity contribution is -0.137. The normalized spacial score (nSPS) is 9.79. The average molecular weight is 205 g/mol. The molecular weight excluding hydrogens is 190 g/mol. The minimum Gasteiger partial charge on any atom is -0.481 e. The van der Waals surface area contributed by atoms with E-state index >= 15 is 0 Å². The molecule has 0 aromatic rings. The fraction of sp³-hybridized carbons (Fsp3) is 0.750. The highest BCUT2D eigenvalue weighted by molar-refractivity contribution is 5.77. The Morgan fingerprint density at radius 1 is 1.36 bits per heavy atom. The number of aliphatic carboxylic acids is 1. The Morgan fingerprint density at radius 3 is 2.64 bits per heavy atom. The third-order valence-corrected chi connectivity index (χ3v) is 1.33. The van der Waals surface area contributed by atoms with Crippen molar-refractivity contribution in [1.82, 2.24) is 5.32 Å². The van der Waals surface area contributed by atoms with Gasteiger partial charge < -0.3 is 19.9 Å². The number of amides is 1. The highest BCUT2D eigenvalue weighted by Crippen LogP contribution is 1.79. The first-order valence-corrected chi connectivity index (χ1v) is 4.22. The molecule has 0 heterocycles. The van der Waals surface area contributed by atoms with Crippen LogP contribution in [-0.4, -0.2) is 50.5 Å². The van der Waals surface area contributed by atoms with E-state index in [4.69, 9.17) is 14.6 Å². The summed E-state index contributed by atoms with van der Waals surface area (Å²) in [6.45, 7) is 0.843. The van der Waals surface area contributed by atoms with E-state index in [1.807, 2.05) is 0 Å². The van der Waals surface area contributed by atoms with Crippen LogP contribution in [0.1, 0.15) is 6.42 Å². The first-order chi connectivity index (χ1) is 6.66. The Morgan fingerprint density at radius 2 is 2.07 bits per heavy atom. The van der Waals surface area contributed by atoms with Gasteiger partial charge in [-0.15, -0.1) is 0 Å². The molecule has 0 aromatic carbocycles. The van der Waals surface area contributed by atoms with Crippen LogP contribution in [0.4, 0.5) is 0 Å². The van der Waals surface area contributed by atoms with Crippen LogP contribution < -0.4 is 5.32 Å². The van der Waals surface area contributed by atoms with Gasteiger partial charge in [0.05, 0.1) is 19.6 Å². The van der Waals surface area contributed by atoms with Crippen molar-refractivity contribution in [3.63, 3.8) is 0 Å². The van der Waals surface area contributed by atoms with E-state index in [1.165, 1.54) is 7.11 Å². The average Bonchev–Trinajstić information content (AvgIpc) is 2.12. The Labute approximate surface area is 82.2 Å². The van der Waals surface area contributed by atoms with E-state index in [-0.39, 0.29) is 25.5 Å². The summed E-state index contributed by atoms with van der Waals surface area (Å²) in [7, 11) is 1.54. The standard InChI is InChI=1S/C8H15NO5/c1-13-4-5-14-6-7(10)9-3-2-8(11)12/h2-6H2,1H3,(H,9,10)(H,11,12). The van der Waals surface area contributed by atoms with Crippen molar-refractivity contribution >= 4 is 11.9 Å². The smallest absolute Gasteiger partial charge is 0.305 e. The van der Waals surface area contributed by atoms with E-state index in [2.05, 4.69) is 5.32 Å². The molecule has 0 unspecified atom stereocenters. The Balaban J connectivity index is 3.24. The SMILES string of the molecule is COCCOCC(=O)NCCC(=O)O. The van der Waals surface area contributed by atoms with Gasteiger partial charge in [0.1, 0.15) is 6.61 Å². The molecule has 0 rings (SSSR count). The number of hydrogen-bond donors (Lipinski definition) is 2. The lowest BCUT2D eigenvalue weighted by Gasteiger charge is -2.04. The number of ether oxygens (including phenoxy) is 2. The Bertz CT molecular complexity index is 183. The summed E-state index contributed by atoms with van der Waals surface area (Å²) in [5, 5.41) is 10.7. The van der Waals surface area contributed by atoms with Crippen LogP contribution in [0.25, 0.3) is 0 Å². The van der Waals surface area contributed by atoms with Crippen LogP contribution >= 0.6 is 0 Å². The molecule has 0 fully saturated rings. The molecule has 0 aliphatic heterocycles. The van der Waals surface area contributed by atoms with Crippen LogP contribution in [0.15, 0.2) is 0 Å². The van der Waals surface area contributed by atoms with Crippen molar-refractivity contribution in [3.05, 3.63) is 0 Å². The summed E-state index contributed by atoms with van der Waals surface area (Å²) >= 11 is 0. The second-order valence-corrected chi connectivity index (χ2v) is 2.54. The Hall–Kier alpha value is -1.14. The topological polar surface area (TPSA) is 84.9 Å². The summed E-state index contributed by atoms with van der Waals surface area (Å²) in [6.07, 6.45) is -0.0796. The largest absolute Gasteiger partial charge is 0.481 e. The van der Waals surface area contributed by atoms with Gasteiger partial charge >= 0.3 is 5.97 Å². The number of carbonyl (C=O) groups excluding carboxylic acids is 1. The maximum atomic E-state index is 10.9. The van der Waals surface area contributed by atoms with Gasteiger partial charge in [0.2, 0.25) is 5.91 Å². The lowest BCUT2D eigenvalue weighted by atomic mass is 10.4. The molecule has 1 amide bonds. The van der Waals surface area contributed by atoms with Crippen LogP contribution in [0, 0.1) is 0 Å². The van der Waals surface area contributed by atoms with Gasteiger partial charge in [-0.25, -0.2) is 0 Å². The number of nitrogens with one attached hydrogen (secondary N) is 1. The molecule has 2 N–H and O–H groups in total. The van der Waals surface area contributed by atoms with Crippen LogP contribution in [0.3, 0.4) is 0 Å². The highest BCUT2D eigenvalue weighted by atomic mass is 16.5. The summed E-state index contributed by atoms with van der Waals surface area (Å²) < 4.78 is 9.61. The zero-order valence-electron chi connectivity index (χ0n) is 8.12. The number of hydrogen-bond acceptors (Lipinski definition) is 4. The molecule has 82 valence electrons. The Kier molecular flexibility index (Phi) is 7.77. The molecule has 6 nitrogen and oxygen atoms in total. The summed E-state index contributed by atoms with van der Waals surface area (Å²) in [6, 6.07) is 0. The predicted octanol–water partition coefficient (Wildman–Crippen LogP) is -0.760. The van der Waals surface area contributed by atoms with Gasteiger partial charge in [0, 0.05) is 13.7 Å². The molecule has 6 heteroatoms. The van der Waals surface area contributed by atoms with Gasteiger partial charge in [-0.3, -0.25) is 9.59 Å². The monoisotopic (exact) mass is 205 g/mol. The first kappa shape index (κ1) is 12.9. The lowest BCUT2D eigenvalue weighted by Crippen LogP contribution is -2.30. The maximum absolute atomic E-state index is 10.9. The molecule has 0 spiro atoms. The molecule has 0 saturated carbocycles. The van der Waals surface area contributed by atoms with Crippen molar-refractivity contribution < 1.29 is 24.2 Å². The third kappa shape index (κ3) is 8.95. The second-order valence-electron chi connectivity index (χ2n) is 2.54. The van der Waals surface area contributed by atoms with Crippen LogP contribution in [0.5, 0.6) is 0 Å². The molecule has 0 aromatic heterocycles. The fourth-order valence-corrected chi connectivity index (χ4v) is 0.667. The van der Waals surface area contributed by atoms with Gasteiger partial charge in [-0.05, 0) is 0 Å². The van der Waals surface area contributed by atoms with E-state index in [0.29, 0.717) is 13.2 Å². The van der Waals surface area contributed by atoms with Crippen molar-refractivity contribution in [3.8, 4) is 0 Å². The first-order valence-electron chi connectivity index (χ1n) is 4.22. The van der Waals surface area contributed by atoms with Gasteiger partial charge in [0.25, 0.3) is 0 Å². The predicted molar refractivity (Wildman–Crippen MR) is 48.0 cm³/mol. The summed E-state index contributed by atoms with van der Waals surface area (Å²) in [4.78, 5) is 21.0. The molecule has 0 aliphatic carbocycles. The maximum Gasteiger partial charge on any atom is 0.305 e. The molecule has 0 aliphatic rings. The van der Waals surface area contributed by atoms with E-state index < -0.39 is 5.97 Å². The number of rotatable bonds is 8. The number of carboxylic acid groups (broad SMARTS) is 1. The fourth-order valence-electron chi connectivity index (χ4n) is 0.667. The number of carbonyl (C=O) groups is 2. The molecular formula is C8H15NO5. The molecule has 14 heavy (non-hydrogen) atoms. The van der Waals surface area contributed by atoms with E-state index in [1.54, 1.807) is 0 Å². The number of methoxy groups -OCH3 is 1. The quantitative estimate of drug-likeness (QED) is 0.509. The van der Waals surface area contributed by atoms with Crippen LogP contribution in [0.2, 0.25) is 0 Å². The molecule has 0 radical (unpaired) electrons. The molecule has 0 bridgehead atoms. The highest BCUT2D eigenvalue weighted by Gasteiger charge is 2.01. The van der Waals surface area contributed by atoms with E-state index in [0.717, 1.165) is 0 Å². The second kappa shape index (κ2) is 8.46. The van der Waals surface area contributed by atoms with Gasteiger partial charge in [-0.2, -0.15) is 0 Å². The van der Waals surface area contributed by atoms with Crippen molar-refractivity contribution in [2.45, 2.75) is 6.42 Å². The van der Waals surface area contributed by atoms with Gasteiger partial charge in [-0.1, -0.05) is 0 Å². The minimum atomic E-state index is -0.939. The molecule has 0 saturated heterocycles. The van der Waals surface area contributed by atoms with Crippen molar-refractivity contribution in [2.24, 2.45) is 0 Å². The van der Waals surface area contributed by atoms with Crippen LogP contribution in [-0.2, 0) is 19.1 Å². The zero-order valence-corrected chi connectivity index (χ0v) is 8.12. The van der Waals surface area contributed by atoms with Crippen molar-refractivity contribution in [1.29, 1.82) is 0 Å². The molecule has 0 atom stereocenters. The minimum absolute atomic E-state index is 0.0665. The van der Waals surface area contributed by atoms with Crippen molar-refractivity contribution in [2.75, 3.05) is 33.5 Å². The van der Waals surface area contributed by atoms with Gasteiger partial charge in [0.15, 0.2) is 0 Å². The third-order valence-electron chi connectivity index (χ3n) is 1.33. The summed E-state index contributed by atoms with van der Waals surface area (Å²) in [5.74, 6) is -1.26. The van der Waals surface area contributed by atoms with E-state index in [9.17, 15) is 9.59 Å².